The van der Waals surface area contributed by atoms with Gasteiger partial charge in [-0.05, 0) is 35.7 Å². The van der Waals surface area contributed by atoms with Gasteiger partial charge in [0.1, 0.15) is 17.4 Å². The fourth-order valence-corrected chi connectivity index (χ4v) is 3.20. The number of nitrogens with zero attached hydrogens (tertiary/aromatic N) is 2. The summed E-state index contributed by atoms with van der Waals surface area (Å²) in [5.74, 6) is -0.758. The summed E-state index contributed by atoms with van der Waals surface area (Å²) >= 11 is 0. The lowest BCUT2D eigenvalue weighted by molar-refractivity contribution is -0.120. The number of halogens is 1. The Bertz CT molecular complexity index is 1190. The summed E-state index contributed by atoms with van der Waals surface area (Å²) < 4.78 is 19.8. The number of hydrogen-bond acceptors (Lipinski definition) is 5. The first-order valence-corrected chi connectivity index (χ1v) is 10.1. The largest absolute Gasteiger partial charge is 0.484 e. The zero-order valence-corrected chi connectivity index (χ0v) is 17.9. The number of carbonyl (C=O) groups is 1. The van der Waals surface area contributed by atoms with E-state index in [0.717, 1.165) is 5.56 Å². The first-order valence-electron chi connectivity index (χ1n) is 10.1. The summed E-state index contributed by atoms with van der Waals surface area (Å²) in [5.41, 5.74) is 5.51. The van der Waals surface area contributed by atoms with Crippen molar-refractivity contribution in [3.05, 3.63) is 86.8 Å². The van der Waals surface area contributed by atoms with E-state index in [0.29, 0.717) is 5.75 Å². The van der Waals surface area contributed by atoms with E-state index in [9.17, 15) is 18.8 Å². The van der Waals surface area contributed by atoms with Gasteiger partial charge in [-0.1, -0.05) is 44.2 Å². The van der Waals surface area contributed by atoms with Crippen LogP contribution >= 0.6 is 0 Å². The third-order valence-electron chi connectivity index (χ3n) is 4.69. The van der Waals surface area contributed by atoms with Crippen LogP contribution in [0.3, 0.4) is 0 Å². The Balaban J connectivity index is 1.94. The number of carbonyl (C=O) groups excluding carboxylic acids is 1. The molecule has 3 rings (SSSR count). The number of amides is 1. The molecule has 0 aliphatic carbocycles. The molecule has 0 aliphatic rings. The van der Waals surface area contributed by atoms with Crippen LogP contribution in [0.2, 0.25) is 0 Å². The molecule has 0 radical (unpaired) electrons. The van der Waals surface area contributed by atoms with Crippen molar-refractivity contribution in [2.24, 2.45) is 5.92 Å². The van der Waals surface area contributed by atoms with Crippen LogP contribution < -0.4 is 26.6 Å². The number of aromatic nitrogens is 2. The van der Waals surface area contributed by atoms with E-state index in [1.807, 2.05) is 44.2 Å². The van der Waals surface area contributed by atoms with E-state index >= 15 is 0 Å². The number of ether oxygens (including phenoxy) is 1. The third kappa shape index (κ3) is 5.42. The first kappa shape index (κ1) is 22.8. The summed E-state index contributed by atoms with van der Waals surface area (Å²) in [4.78, 5) is 41.6. The molecule has 0 bridgehead atoms. The average molecular weight is 440 g/mol. The summed E-state index contributed by atoms with van der Waals surface area (Å²) in [5, 5.41) is 0. The molecule has 1 aromatic heterocycles. The van der Waals surface area contributed by atoms with Gasteiger partial charge in [-0.3, -0.25) is 19.1 Å². The second-order valence-corrected chi connectivity index (χ2v) is 7.71. The average Bonchev–Trinajstić information content (AvgIpc) is 2.75. The summed E-state index contributed by atoms with van der Waals surface area (Å²) in [6.45, 7) is 3.68. The molecule has 0 aliphatic heterocycles. The molecular weight excluding hydrogens is 415 g/mol. The topological polar surface area (TPSA) is 110 Å². The number of benzene rings is 2. The van der Waals surface area contributed by atoms with Crippen LogP contribution in [-0.2, 0) is 11.3 Å². The quantitative estimate of drug-likeness (QED) is 0.559. The SMILES string of the molecule is CC(C)CN(C(=O)COc1ccc(F)cc1)c1c(N)n(Cc2ccccc2)c(=O)[nH]c1=O. The van der Waals surface area contributed by atoms with Gasteiger partial charge in [-0.2, -0.15) is 0 Å². The van der Waals surface area contributed by atoms with Gasteiger partial charge >= 0.3 is 5.69 Å². The van der Waals surface area contributed by atoms with Gasteiger partial charge in [0.05, 0.1) is 6.54 Å². The van der Waals surface area contributed by atoms with Crippen molar-refractivity contribution in [2.75, 3.05) is 23.8 Å². The van der Waals surface area contributed by atoms with E-state index in [-0.39, 0.29) is 30.5 Å². The van der Waals surface area contributed by atoms with Crippen molar-refractivity contribution >= 4 is 17.4 Å². The van der Waals surface area contributed by atoms with E-state index in [1.54, 1.807) is 0 Å². The van der Waals surface area contributed by atoms with Gasteiger partial charge in [0.2, 0.25) is 0 Å². The van der Waals surface area contributed by atoms with Crippen molar-refractivity contribution in [3.63, 3.8) is 0 Å². The maximum Gasteiger partial charge on any atom is 0.330 e. The van der Waals surface area contributed by atoms with Crippen molar-refractivity contribution in [1.82, 2.24) is 9.55 Å². The molecule has 0 spiro atoms. The lowest BCUT2D eigenvalue weighted by Crippen LogP contribution is -2.44. The van der Waals surface area contributed by atoms with Gasteiger partial charge in [-0.15, -0.1) is 0 Å². The number of nitrogens with one attached hydrogen (secondary N) is 1. The van der Waals surface area contributed by atoms with E-state index < -0.39 is 29.6 Å². The van der Waals surface area contributed by atoms with Gasteiger partial charge in [0, 0.05) is 6.54 Å². The molecule has 8 nitrogen and oxygen atoms in total. The van der Waals surface area contributed by atoms with Crippen LogP contribution in [0.4, 0.5) is 15.9 Å². The minimum Gasteiger partial charge on any atom is -0.484 e. The highest BCUT2D eigenvalue weighted by Gasteiger charge is 2.25. The number of anilines is 2. The van der Waals surface area contributed by atoms with Crippen LogP contribution in [0, 0.1) is 11.7 Å². The Kier molecular flexibility index (Phi) is 7.09. The Morgan fingerprint density at radius 2 is 1.78 bits per heavy atom. The maximum absolute atomic E-state index is 13.1. The zero-order valence-electron chi connectivity index (χ0n) is 17.9. The fraction of sp³-hybridized carbons (Fsp3) is 0.261. The number of hydrogen-bond donors (Lipinski definition) is 2. The maximum atomic E-state index is 13.1. The highest BCUT2D eigenvalue weighted by atomic mass is 19.1. The highest BCUT2D eigenvalue weighted by molar-refractivity contribution is 5.96. The smallest absolute Gasteiger partial charge is 0.330 e. The predicted octanol–water partition coefficient (Wildman–Crippen LogP) is 2.37. The Morgan fingerprint density at radius 1 is 1.12 bits per heavy atom. The van der Waals surface area contributed by atoms with Gasteiger partial charge in [0.15, 0.2) is 12.3 Å². The molecule has 0 atom stereocenters. The van der Waals surface area contributed by atoms with Crippen LogP contribution in [-0.4, -0.2) is 28.6 Å². The van der Waals surface area contributed by atoms with Gasteiger partial charge in [0.25, 0.3) is 11.5 Å². The lowest BCUT2D eigenvalue weighted by Gasteiger charge is -2.26. The minimum absolute atomic E-state index is 0.00178. The van der Waals surface area contributed by atoms with E-state index in [2.05, 4.69) is 4.98 Å². The van der Waals surface area contributed by atoms with Crippen molar-refractivity contribution in [3.8, 4) is 5.75 Å². The lowest BCUT2D eigenvalue weighted by atomic mass is 10.2. The molecule has 3 N–H and O–H groups in total. The van der Waals surface area contributed by atoms with Crippen LogP contribution in [0.1, 0.15) is 19.4 Å². The van der Waals surface area contributed by atoms with Crippen molar-refractivity contribution < 1.29 is 13.9 Å². The molecule has 168 valence electrons. The molecule has 32 heavy (non-hydrogen) atoms. The summed E-state index contributed by atoms with van der Waals surface area (Å²) in [7, 11) is 0. The van der Waals surface area contributed by atoms with Gasteiger partial charge < -0.3 is 15.4 Å². The molecule has 0 unspecified atom stereocenters. The predicted molar refractivity (Wildman–Crippen MR) is 120 cm³/mol. The molecule has 0 saturated heterocycles. The Morgan fingerprint density at radius 3 is 2.41 bits per heavy atom. The Hall–Kier alpha value is -3.88. The van der Waals surface area contributed by atoms with Crippen molar-refractivity contribution in [1.29, 1.82) is 0 Å². The molecule has 1 amide bonds. The monoisotopic (exact) mass is 440 g/mol. The zero-order chi connectivity index (χ0) is 23.3. The van der Waals surface area contributed by atoms with Crippen LogP contribution in [0.15, 0.2) is 64.2 Å². The Labute approximate surface area is 184 Å². The normalized spacial score (nSPS) is 10.9. The number of H-pyrrole nitrogens is 1. The molecule has 3 aromatic rings. The number of nitrogen functional groups attached to an aromatic ring is 1. The standard InChI is InChI=1S/C23H25FN4O4/c1-15(2)12-27(19(29)14-32-18-10-8-17(24)9-11-18)20-21(25)28(23(31)26-22(20)30)13-16-6-4-3-5-7-16/h3-11,15H,12-14,25H2,1-2H3,(H,26,30,31). The van der Waals surface area contributed by atoms with Crippen molar-refractivity contribution in [2.45, 2.75) is 20.4 Å². The number of rotatable bonds is 8. The number of aromatic amines is 1. The summed E-state index contributed by atoms with van der Waals surface area (Å²) in [6.07, 6.45) is 0. The highest BCUT2D eigenvalue weighted by Crippen LogP contribution is 2.20. The molecule has 0 fully saturated rings. The third-order valence-corrected chi connectivity index (χ3v) is 4.69. The molecule has 0 saturated carbocycles. The minimum atomic E-state index is -0.757. The first-order chi connectivity index (χ1) is 15.3. The number of nitrogens with two attached hydrogens (primary N) is 1. The second kappa shape index (κ2) is 9.95. The van der Waals surface area contributed by atoms with E-state index in [4.69, 9.17) is 10.5 Å². The van der Waals surface area contributed by atoms with Crippen LogP contribution in [0.25, 0.3) is 0 Å². The van der Waals surface area contributed by atoms with Gasteiger partial charge in [-0.25, -0.2) is 9.18 Å². The molecule has 9 heteroatoms. The van der Waals surface area contributed by atoms with E-state index in [1.165, 1.54) is 33.7 Å². The summed E-state index contributed by atoms with van der Waals surface area (Å²) in [6, 6.07) is 14.4. The second-order valence-electron chi connectivity index (χ2n) is 7.71. The molecule has 2 aromatic carbocycles. The van der Waals surface area contributed by atoms with Crippen LogP contribution in [0.5, 0.6) is 5.75 Å². The molecule has 1 heterocycles. The fourth-order valence-electron chi connectivity index (χ4n) is 3.20. The molecular formula is C23H25FN4O4.